The first-order valence-electron chi connectivity index (χ1n) is 9.40. The average molecular weight is 377 g/mol. The maximum absolute atomic E-state index is 13.2. The molecule has 4 rings (SSSR count). The summed E-state index contributed by atoms with van der Waals surface area (Å²) in [4.78, 5) is 29.2. The summed E-state index contributed by atoms with van der Waals surface area (Å²) in [5.41, 5.74) is 1.01. The summed E-state index contributed by atoms with van der Waals surface area (Å²) in [5, 5.41) is 0. The van der Waals surface area contributed by atoms with Gasteiger partial charge in [0.15, 0.2) is 5.76 Å². The van der Waals surface area contributed by atoms with Gasteiger partial charge in [0, 0.05) is 31.9 Å². The van der Waals surface area contributed by atoms with Crippen LogP contribution in [0.25, 0.3) is 0 Å². The monoisotopic (exact) mass is 377 g/mol. The second kappa shape index (κ2) is 7.86. The van der Waals surface area contributed by atoms with Crippen molar-refractivity contribution in [3.63, 3.8) is 0 Å². The van der Waals surface area contributed by atoms with Crippen molar-refractivity contribution in [3.8, 4) is 0 Å². The van der Waals surface area contributed by atoms with Crippen LogP contribution in [0.15, 0.2) is 76.1 Å². The van der Waals surface area contributed by atoms with Crippen LogP contribution in [0.2, 0.25) is 0 Å². The molecule has 28 heavy (non-hydrogen) atoms. The van der Waals surface area contributed by atoms with Crippen LogP contribution < -0.4 is 5.56 Å². The van der Waals surface area contributed by atoms with E-state index in [2.05, 4.69) is 24.1 Å². The summed E-state index contributed by atoms with van der Waals surface area (Å²) < 4.78 is 7.36. The highest BCUT2D eigenvalue weighted by molar-refractivity contribution is 5.92. The lowest BCUT2D eigenvalue weighted by molar-refractivity contribution is 0.0466. The molecule has 0 bridgehead atoms. The zero-order valence-corrected chi connectivity index (χ0v) is 15.8. The second-order valence-corrected chi connectivity index (χ2v) is 7.12. The molecule has 144 valence electrons. The summed E-state index contributed by atoms with van der Waals surface area (Å²) >= 11 is 0. The number of pyridine rings is 1. The van der Waals surface area contributed by atoms with E-state index in [0.717, 1.165) is 18.7 Å². The third-order valence-corrected chi connectivity index (χ3v) is 5.13. The number of carbonyl (C=O) groups is 1. The summed E-state index contributed by atoms with van der Waals surface area (Å²) in [7, 11) is 2.07. The number of hydrogen-bond acceptors (Lipinski definition) is 4. The molecule has 0 spiro atoms. The molecule has 1 aliphatic rings. The fraction of sp³-hybridized carbons (Fsp3) is 0.273. The number of rotatable bonds is 4. The molecule has 1 saturated heterocycles. The van der Waals surface area contributed by atoms with Gasteiger partial charge in [0.2, 0.25) is 0 Å². The molecule has 1 amide bonds. The Hall–Kier alpha value is -3.12. The Morgan fingerprint density at radius 1 is 1.04 bits per heavy atom. The minimum Gasteiger partial charge on any atom is -0.454 e. The van der Waals surface area contributed by atoms with Crippen molar-refractivity contribution in [1.29, 1.82) is 0 Å². The van der Waals surface area contributed by atoms with Crippen LogP contribution in [0, 0.1) is 0 Å². The van der Waals surface area contributed by atoms with Crippen LogP contribution in [0.1, 0.15) is 27.9 Å². The van der Waals surface area contributed by atoms with Crippen molar-refractivity contribution in [2.24, 2.45) is 0 Å². The molecule has 1 fully saturated rings. The van der Waals surface area contributed by atoms with E-state index in [-0.39, 0.29) is 17.5 Å². The van der Waals surface area contributed by atoms with Crippen molar-refractivity contribution in [2.75, 3.05) is 26.7 Å². The molecule has 3 aromatic rings. The van der Waals surface area contributed by atoms with E-state index in [0.29, 0.717) is 24.6 Å². The van der Waals surface area contributed by atoms with Gasteiger partial charge in [-0.1, -0.05) is 36.4 Å². The number of nitrogens with zero attached hydrogens (tertiary/aromatic N) is 3. The number of carbonyl (C=O) groups excluding carboxylic acids is 1. The molecular weight excluding hydrogens is 354 g/mol. The molecule has 1 unspecified atom stereocenters. The van der Waals surface area contributed by atoms with Gasteiger partial charge in [0.25, 0.3) is 11.5 Å². The molecule has 0 aliphatic carbocycles. The maximum Gasteiger partial charge on any atom is 0.290 e. The van der Waals surface area contributed by atoms with E-state index in [1.807, 2.05) is 23.1 Å². The summed E-state index contributed by atoms with van der Waals surface area (Å²) in [6.07, 6.45) is 1.71. The molecule has 1 aromatic carbocycles. The largest absolute Gasteiger partial charge is 0.454 e. The summed E-state index contributed by atoms with van der Waals surface area (Å²) in [5.74, 6) is 0.778. The predicted octanol–water partition coefficient (Wildman–Crippen LogP) is 2.62. The molecule has 1 atom stereocenters. The minimum absolute atomic E-state index is 0.0160. The first-order valence-corrected chi connectivity index (χ1v) is 9.40. The lowest BCUT2D eigenvalue weighted by Gasteiger charge is -2.40. The highest BCUT2D eigenvalue weighted by Gasteiger charge is 2.32. The SMILES string of the molecule is CN1CCN(C(=O)c2ccc(Cn3ccccc3=O)o2)C(c2ccccc2)C1. The van der Waals surface area contributed by atoms with Gasteiger partial charge in [-0.2, -0.15) is 0 Å². The Morgan fingerprint density at radius 2 is 1.82 bits per heavy atom. The first kappa shape index (κ1) is 18.3. The number of hydrogen-bond donors (Lipinski definition) is 0. The van der Waals surface area contributed by atoms with Gasteiger partial charge in [-0.15, -0.1) is 0 Å². The van der Waals surface area contributed by atoms with Crippen LogP contribution in [-0.2, 0) is 6.54 Å². The summed E-state index contributed by atoms with van der Waals surface area (Å²) in [6, 6.07) is 18.5. The molecule has 1 aliphatic heterocycles. The smallest absolute Gasteiger partial charge is 0.290 e. The molecule has 6 nitrogen and oxygen atoms in total. The van der Waals surface area contributed by atoms with Crippen LogP contribution >= 0.6 is 0 Å². The Balaban J connectivity index is 1.55. The van der Waals surface area contributed by atoms with E-state index < -0.39 is 0 Å². The van der Waals surface area contributed by atoms with E-state index in [1.54, 1.807) is 35.0 Å². The molecule has 6 heteroatoms. The van der Waals surface area contributed by atoms with Crippen molar-refractivity contribution in [3.05, 3.63) is 94.3 Å². The predicted molar refractivity (Wildman–Crippen MR) is 106 cm³/mol. The number of furan rings is 1. The standard InChI is InChI=1S/C22H23N3O3/c1-23-13-14-25(19(16-23)17-7-3-2-4-8-17)22(27)20-11-10-18(28-20)15-24-12-6-5-9-21(24)26/h2-12,19H,13-16H2,1H3. The molecule has 0 N–H and O–H groups in total. The molecule has 2 aromatic heterocycles. The zero-order chi connectivity index (χ0) is 19.5. The third-order valence-electron chi connectivity index (χ3n) is 5.13. The molecular formula is C22H23N3O3. The Bertz CT molecular complexity index is 1010. The second-order valence-electron chi connectivity index (χ2n) is 7.12. The van der Waals surface area contributed by atoms with Gasteiger partial charge in [-0.25, -0.2) is 0 Å². The van der Waals surface area contributed by atoms with Crippen LogP contribution in [0.4, 0.5) is 0 Å². The van der Waals surface area contributed by atoms with Gasteiger partial charge in [0.05, 0.1) is 12.6 Å². The Morgan fingerprint density at radius 3 is 2.61 bits per heavy atom. The van der Waals surface area contributed by atoms with Crippen molar-refractivity contribution >= 4 is 5.91 Å². The van der Waals surface area contributed by atoms with Gasteiger partial charge in [-0.05, 0) is 30.8 Å². The number of aromatic nitrogens is 1. The lowest BCUT2D eigenvalue weighted by Crippen LogP contribution is -2.49. The van der Waals surface area contributed by atoms with Crippen LogP contribution in [0.5, 0.6) is 0 Å². The van der Waals surface area contributed by atoms with Gasteiger partial charge in [0.1, 0.15) is 5.76 Å². The highest BCUT2D eigenvalue weighted by atomic mass is 16.4. The highest BCUT2D eigenvalue weighted by Crippen LogP contribution is 2.27. The van der Waals surface area contributed by atoms with E-state index in [1.165, 1.54) is 6.07 Å². The lowest BCUT2D eigenvalue weighted by atomic mass is 10.0. The van der Waals surface area contributed by atoms with Gasteiger partial charge < -0.3 is 18.8 Å². The zero-order valence-electron chi connectivity index (χ0n) is 15.8. The fourth-order valence-corrected chi connectivity index (χ4v) is 3.60. The van der Waals surface area contributed by atoms with E-state index >= 15 is 0 Å². The minimum atomic E-state index is -0.117. The first-order chi connectivity index (χ1) is 13.6. The van der Waals surface area contributed by atoms with Crippen molar-refractivity contribution < 1.29 is 9.21 Å². The number of benzene rings is 1. The van der Waals surface area contributed by atoms with Crippen molar-refractivity contribution in [2.45, 2.75) is 12.6 Å². The topological polar surface area (TPSA) is 58.7 Å². The number of amides is 1. The van der Waals surface area contributed by atoms with Crippen LogP contribution in [-0.4, -0.2) is 47.0 Å². The number of likely N-dealkylation sites (N-methyl/N-ethyl adjacent to an activating group) is 1. The van der Waals surface area contributed by atoms with Crippen LogP contribution in [0.3, 0.4) is 0 Å². The van der Waals surface area contributed by atoms with Crippen molar-refractivity contribution in [1.82, 2.24) is 14.4 Å². The third kappa shape index (κ3) is 3.77. The maximum atomic E-state index is 13.2. The summed E-state index contributed by atoms with van der Waals surface area (Å²) in [6.45, 7) is 2.55. The normalized spacial score (nSPS) is 17.6. The molecule has 0 saturated carbocycles. The van der Waals surface area contributed by atoms with Gasteiger partial charge in [-0.3, -0.25) is 9.59 Å². The van der Waals surface area contributed by atoms with Gasteiger partial charge >= 0.3 is 0 Å². The molecule has 3 heterocycles. The molecule has 0 radical (unpaired) electrons. The average Bonchev–Trinajstić information content (AvgIpc) is 3.18. The van der Waals surface area contributed by atoms with E-state index in [4.69, 9.17) is 4.42 Å². The van der Waals surface area contributed by atoms with E-state index in [9.17, 15) is 9.59 Å². The number of piperazine rings is 1. The Labute approximate surface area is 163 Å². The quantitative estimate of drug-likeness (QED) is 0.701. The fourth-order valence-electron chi connectivity index (χ4n) is 3.60. The Kier molecular flexibility index (Phi) is 5.12.